The van der Waals surface area contributed by atoms with Crippen LogP contribution in [0.15, 0.2) is 27.7 Å². The van der Waals surface area contributed by atoms with E-state index in [4.69, 9.17) is 9.47 Å². The van der Waals surface area contributed by atoms with Crippen molar-refractivity contribution < 1.29 is 9.47 Å². The summed E-state index contributed by atoms with van der Waals surface area (Å²) in [4.78, 5) is 4.26. The summed E-state index contributed by atoms with van der Waals surface area (Å²) in [5.74, 6) is 1.58. The zero-order valence-electron chi connectivity index (χ0n) is 14.9. The van der Waals surface area contributed by atoms with E-state index in [2.05, 4.69) is 52.3 Å². The highest BCUT2D eigenvalue weighted by Gasteiger charge is 2.24. The molecule has 0 aliphatic rings. The highest BCUT2D eigenvalue weighted by atomic mass is 79.9. The molecule has 0 aliphatic heterocycles. The van der Waals surface area contributed by atoms with Gasteiger partial charge >= 0.3 is 0 Å². The molecule has 23 heavy (non-hydrogen) atoms. The molecule has 0 spiro atoms. The van der Waals surface area contributed by atoms with Gasteiger partial charge in [-0.3, -0.25) is 4.99 Å². The summed E-state index contributed by atoms with van der Waals surface area (Å²) >= 11 is 3.48. The Kier molecular flexibility index (Phi) is 7.85. The number of nitrogens with one attached hydrogen (secondary N) is 2. The Balaban J connectivity index is 2.63. The first kappa shape index (κ1) is 19.8. The molecule has 0 saturated carbocycles. The first-order valence-corrected chi connectivity index (χ1v) is 8.40. The predicted octanol–water partition coefficient (Wildman–Crippen LogP) is 3.18. The topological polar surface area (TPSA) is 54.9 Å². The standard InChI is InChI=1S/C17H28BrN3O2/c1-17(2,3)15(23-6)11-21-16(19-4)20-10-12-9-13(18)7-8-14(12)22-5/h7-9,15H,10-11H2,1-6H3,(H2,19,20,21). The summed E-state index contributed by atoms with van der Waals surface area (Å²) in [5, 5.41) is 6.61. The molecule has 0 amide bonds. The molecule has 6 heteroatoms. The van der Waals surface area contributed by atoms with Gasteiger partial charge < -0.3 is 20.1 Å². The molecule has 2 N–H and O–H groups in total. The number of halogens is 1. The molecular weight excluding hydrogens is 358 g/mol. The molecule has 130 valence electrons. The Bertz CT molecular complexity index is 527. The molecule has 0 saturated heterocycles. The molecule has 0 heterocycles. The van der Waals surface area contributed by atoms with Crippen LogP contribution in [0, 0.1) is 5.41 Å². The number of methoxy groups -OCH3 is 2. The molecule has 0 radical (unpaired) electrons. The minimum Gasteiger partial charge on any atom is -0.496 e. The fourth-order valence-electron chi connectivity index (χ4n) is 2.22. The number of nitrogens with zero attached hydrogens (tertiary/aromatic N) is 1. The smallest absolute Gasteiger partial charge is 0.191 e. The minimum absolute atomic E-state index is 0.0636. The minimum atomic E-state index is 0.0636. The second-order valence-corrected chi connectivity index (χ2v) is 7.27. The lowest BCUT2D eigenvalue weighted by Crippen LogP contribution is -2.45. The van der Waals surface area contributed by atoms with Gasteiger partial charge in [0.2, 0.25) is 0 Å². The Morgan fingerprint density at radius 3 is 2.48 bits per heavy atom. The third-order valence-electron chi connectivity index (χ3n) is 3.62. The molecule has 1 rings (SSSR count). The van der Waals surface area contributed by atoms with Gasteiger partial charge in [0.15, 0.2) is 5.96 Å². The fourth-order valence-corrected chi connectivity index (χ4v) is 2.63. The normalized spacial score (nSPS) is 13.6. The molecule has 1 atom stereocenters. The van der Waals surface area contributed by atoms with Crippen molar-refractivity contribution >= 4 is 21.9 Å². The van der Waals surface area contributed by atoms with E-state index in [1.165, 1.54) is 0 Å². The Morgan fingerprint density at radius 1 is 1.26 bits per heavy atom. The largest absolute Gasteiger partial charge is 0.496 e. The van der Waals surface area contributed by atoms with Gasteiger partial charge in [0.25, 0.3) is 0 Å². The average molecular weight is 386 g/mol. The van der Waals surface area contributed by atoms with Crippen LogP contribution in [0.2, 0.25) is 0 Å². The molecule has 0 aliphatic carbocycles. The molecule has 0 aromatic heterocycles. The van der Waals surface area contributed by atoms with Crippen LogP contribution < -0.4 is 15.4 Å². The predicted molar refractivity (Wildman–Crippen MR) is 99.1 cm³/mol. The lowest BCUT2D eigenvalue weighted by atomic mass is 9.89. The van der Waals surface area contributed by atoms with E-state index in [9.17, 15) is 0 Å². The molecule has 1 aromatic carbocycles. The van der Waals surface area contributed by atoms with E-state index < -0.39 is 0 Å². The number of ether oxygens (including phenoxy) is 2. The summed E-state index contributed by atoms with van der Waals surface area (Å²) in [7, 11) is 5.17. The molecule has 0 fully saturated rings. The number of guanidine groups is 1. The number of hydrogen-bond acceptors (Lipinski definition) is 3. The van der Waals surface area contributed by atoms with Crippen LogP contribution in [0.4, 0.5) is 0 Å². The maximum absolute atomic E-state index is 5.55. The SMILES string of the molecule is CN=C(NCc1cc(Br)ccc1OC)NCC(OC)C(C)(C)C. The third kappa shape index (κ3) is 6.39. The second kappa shape index (κ2) is 9.13. The first-order valence-electron chi connectivity index (χ1n) is 7.61. The van der Waals surface area contributed by atoms with E-state index in [1.54, 1.807) is 21.3 Å². The summed E-state index contributed by atoms with van der Waals surface area (Å²) in [6, 6.07) is 5.94. The number of aliphatic imine (C=N–C) groups is 1. The van der Waals surface area contributed by atoms with Gasteiger partial charge in [-0.1, -0.05) is 36.7 Å². The van der Waals surface area contributed by atoms with Crippen LogP contribution >= 0.6 is 15.9 Å². The summed E-state index contributed by atoms with van der Waals surface area (Å²) in [6.45, 7) is 7.78. The summed E-state index contributed by atoms with van der Waals surface area (Å²) in [6.07, 6.45) is 0.0986. The number of benzene rings is 1. The van der Waals surface area contributed by atoms with E-state index in [0.717, 1.165) is 21.7 Å². The van der Waals surface area contributed by atoms with Crippen molar-refractivity contribution in [3.63, 3.8) is 0 Å². The van der Waals surface area contributed by atoms with Crippen molar-refractivity contribution in [3.05, 3.63) is 28.2 Å². The van der Waals surface area contributed by atoms with Gasteiger partial charge in [0.05, 0.1) is 13.2 Å². The summed E-state index contributed by atoms with van der Waals surface area (Å²) < 4.78 is 12.0. The zero-order chi connectivity index (χ0) is 17.5. The fraction of sp³-hybridized carbons (Fsp3) is 0.588. The highest BCUT2D eigenvalue weighted by molar-refractivity contribution is 9.10. The van der Waals surface area contributed by atoms with Crippen LogP contribution in [-0.2, 0) is 11.3 Å². The van der Waals surface area contributed by atoms with Crippen LogP contribution in [0.3, 0.4) is 0 Å². The molecular formula is C17H28BrN3O2. The average Bonchev–Trinajstić information content (AvgIpc) is 2.49. The van der Waals surface area contributed by atoms with E-state index in [-0.39, 0.29) is 11.5 Å². The quantitative estimate of drug-likeness (QED) is 0.583. The number of rotatable bonds is 6. The van der Waals surface area contributed by atoms with Crippen molar-refractivity contribution in [3.8, 4) is 5.75 Å². The lowest BCUT2D eigenvalue weighted by molar-refractivity contribution is 0.0205. The van der Waals surface area contributed by atoms with Crippen LogP contribution in [0.5, 0.6) is 5.75 Å². The second-order valence-electron chi connectivity index (χ2n) is 6.35. The van der Waals surface area contributed by atoms with Crippen LogP contribution in [0.1, 0.15) is 26.3 Å². The zero-order valence-corrected chi connectivity index (χ0v) is 16.5. The van der Waals surface area contributed by atoms with Gasteiger partial charge in [-0.2, -0.15) is 0 Å². The molecule has 1 aromatic rings. The molecule has 1 unspecified atom stereocenters. The maximum Gasteiger partial charge on any atom is 0.191 e. The van der Waals surface area contributed by atoms with Crippen molar-refractivity contribution in [2.75, 3.05) is 27.8 Å². The Morgan fingerprint density at radius 2 is 1.96 bits per heavy atom. The lowest BCUT2D eigenvalue weighted by Gasteiger charge is -2.30. The van der Waals surface area contributed by atoms with Crippen molar-refractivity contribution in [2.24, 2.45) is 10.4 Å². The van der Waals surface area contributed by atoms with Gasteiger partial charge in [0.1, 0.15) is 5.75 Å². The van der Waals surface area contributed by atoms with Gasteiger partial charge in [-0.15, -0.1) is 0 Å². The Labute approximate surface area is 148 Å². The van der Waals surface area contributed by atoms with Gasteiger partial charge in [-0.05, 0) is 23.6 Å². The van der Waals surface area contributed by atoms with Crippen molar-refractivity contribution in [2.45, 2.75) is 33.4 Å². The van der Waals surface area contributed by atoms with Gasteiger partial charge in [-0.25, -0.2) is 0 Å². The summed E-state index contributed by atoms with van der Waals surface area (Å²) in [5.41, 5.74) is 1.12. The molecule has 5 nitrogen and oxygen atoms in total. The van der Waals surface area contributed by atoms with Gasteiger partial charge in [0, 0.05) is 37.3 Å². The maximum atomic E-state index is 5.55. The number of hydrogen-bond donors (Lipinski definition) is 2. The van der Waals surface area contributed by atoms with Crippen molar-refractivity contribution in [1.82, 2.24) is 10.6 Å². The highest BCUT2D eigenvalue weighted by Crippen LogP contribution is 2.23. The Hall–Kier alpha value is -1.27. The first-order chi connectivity index (χ1) is 10.8. The monoisotopic (exact) mass is 385 g/mol. The van der Waals surface area contributed by atoms with Crippen LogP contribution in [0.25, 0.3) is 0 Å². The van der Waals surface area contributed by atoms with E-state index in [1.807, 2.05) is 18.2 Å². The molecule has 0 bridgehead atoms. The van der Waals surface area contributed by atoms with E-state index >= 15 is 0 Å². The third-order valence-corrected chi connectivity index (χ3v) is 4.11. The van der Waals surface area contributed by atoms with E-state index in [0.29, 0.717) is 13.1 Å². The van der Waals surface area contributed by atoms with Crippen molar-refractivity contribution in [1.29, 1.82) is 0 Å². The van der Waals surface area contributed by atoms with Crippen LogP contribution in [-0.4, -0.2) is 39.9 Å².